The van der Waals surface area contributed by atoms with Crippen LogP contribution in [0.2, 0.25) is 0 Å². The molecule has 0 radical (unpaired) electrons. The summed E-state index contributed by atoms with van der Waals surface area (Å²) in [5, 5.41) is 2.33. The number of nitrogens with zero attached hydrogens (tertiary/aromatic N) is 1. The Hall–Kier alpha value is -1.10. The van der Waals surface area contributed by atoms with E-state index in [1.807, 2.05) is 0 Å². The van der Waals surface area contributed by atoms with E-state index in [2.05, 4.69) is 5.32 Å². The van der Waals surface area contributed by atoms with E-state index < -0.39 is 11.4 Å². The van der Waals surface area contributed by atoms with Crippen LogP contribution in [0.25, 0.3) is 0 Å². The number of rotatable bonds is 1. The molecule has 1 aliphatic heterocycles. The molecule has 0 bridgehead atoms. The number of halogens is 1. The molecule has 0 unspecified atom stereocenters. The highest BCUT2D eigenvalue weighted by molar-refractivity contribution is 6.27. The predicted molar refractivity (Wildman–Crippen MR) is 61.4 cm³/mol. The van der Waals surface area contributed by atoms with Gasteiger partial charge in [0.25, 0.3) is 5.91 Å². The number of hydrogen-bond acceptors (Lipinski definition) is 3. The first-order valence-corrected chi connectivity index (χ1v) is 6.34. The minimum atomic E-state index is -0.835. The van der Waals surface area contributed by atoms with Gasteiger partial charge in [0.05, 0.1) is 0 Å². The molecule has 2 fully saturated rings. The van der Waals surface area contributed by atoms with Gasteiger partial charge in [-0.05, 0) is 12.8 Å². The van der Waals surface area contributed by atoms with Crippen LogP contribution in [0.15, 0.2) is 0 Å². The molecule has 0 aromatic carbocycles. The number of alkyl halides is 1. The van der Waals surface area contributed by atoms with Crippen LogP contribution in [0.3, 0.4) is 0 Å². The molecule has 0 aromatic rings. The van der Waals surface area contributed by atoms with Crippen molar-refractivity contribution in [3.05, 3.63) is 0 Å². The van der Waals surface area contributed by atoms with Crippen molar-refractivity contribution < 1.29 is 14.4 Å². The third kappa shape index (κ3) is 2.04. The number of nitrogens with one attached hydrogen (secondary N) is 1. The third-order valence-corrected chi connectivity index (χ3v) is 3.82. The summed E-state index contributed by atoms with van der Waals surface area (Å²) < 4.78 is 0. The largest absolute Gasteiger partial charge is 0.318 e. The minimum Gasteiger partial charge on any atom is -0.318 e. The van der Waals surface area contributed by atoms with E-state index >= 15 is 0 Å². The van der Waals surface area contributed by atoms with Gasteiger partial charge in [-0.2, -0.15) is 0 Å². The number of carbonyl (C=O) groups is 3. The number of piperazine rings is 1. The van der Waals surface area contributed by atoms with E-state index in [4.69, 9.17) is 11.6 Å². The molecule has 6 heteroatoms. The van der Waals surface area contributed by atoms with E-state index in [9.17, 15) is 14.4 Å². The summed E-state index contributed by atoms with van der Waals surface area (Å²) in [4.78, 5) is 36.6. The van der Waals surface area contributed by atoms with Gasteiger partial charge >= 0.3 is 0 Å². The molecule has 17 heavy (non-hydrogen) atoms. The molecule has 1 N–H and O–H groups in total. The van der Waals surface area contributed by atoms with Crippen LogP contribution in [0.5, 0.6) is 0 Å². The lowest BCUT2D eigenvalue weighted by molar-refractivity contribution is -0.158. The standard InChI is InChI=1S/C11H15ClN2O3/c12-6-9(16)14-7-8(15)13-10(17)11(14)4-2-1-3-5-11/h1-7H2,(H,13,15,17). The van der Waals surface area contributed by atoms with Gasteiger partial charge in [0.15, 0.2) is 0 Å². The van der Waals surface area contributed by atoms with Crippen molar-refractivity contribution in [1.29, 1.82) is 0 Å². The Bertz CT molecular complexity index is 364. The quantitative estimate of drug-likeness (QED) is 0.547. The van der Waals surface area contributed by atoms with E-state index in [0.29, 0.717) is 12.8 Å². The summed E-state index contributed by atoms with van der Waals surface area (Å²) >= 11 is 5.55. The van der Waals surface area contributed by atoms with Gasteiger partial charge in [0.2, 0.25) is 11.8 Å². The highest BCUT2D eigenvalue weighted by Gasteiger charge is 2.50. The molecule has 2 rings (SSSR count). The maximum Gasteiger partial charge on any atom is 0.252 e. The third-order valence-electron chi connectivity index (χ3n) is 3.59. The van der Waals surface area contributed by atoms with Crippen molar-refractivity contribution >= 4 is 29.3 Å². The van der Waals surface area contributed by atoms with Gasteiger partial charge in [-0.1, -0.05) is 19.3 Å². The highest BCUT2D eigenvalue weighted by atomic mass is 35.5. The maximum atomic E-state index is 12.0. The molecule has 2 aliphatic rings. The topological polar surface area (TPSA) is 66.5 Å². The van der Waals surface area contributed by atoms with Crippen molar-refractivity contribution in [2.24, 2.45) is 0 Å². The first kappa shape index (κ1) is 12.4. The Morgan fingerprint density at radius 2 is 1.94 bits per heavy atom. The molecule has 1 saturated carbocycles. The zero-order valence-electron chi connectivity index (χ0n) is 9.50. The Labute approximate surface area is 104 Å². The molecule has 5 nitrogen and oxygen atoms in total. The van der Waals surface area contributed by atoms with E-state index in [1.54, 1.807) is 0 Å². The zero-order chi connectivity index (χ0) is 12.5. The SMILES string of the molecule is O=C1CN(C(=O)CCl)C2(CCCCC2)C(=O)N1. The van der Waals surface area contributed by atoms with Crippen LogP contribution in [-0.4, -0.2) is 40.6 Å². The summed E-state index contributed by atoms with van der Waals surface area (Å²) in [6.45, 7) is -0.0582. The Kier molecular flexibility index (Phi) is 3.38. The maximum absolute atomic E-state index is 12.0. The van der Waals surface area contributed by atoms with Gasteiger partial charge in [-0.3, -0.25) is 19.7 Å². The molecule has 1 heterocycles. The van der Waals surface area contributed by atoms with Gasteiger partial charge in [-0.25, -0.2) is 0 Å². The van der Waals surface area contributed by atoms with Crippen molar-refractivity contribution in [2.75, 3.05) is 12.4 Å². The zero-order valence-corrected chi connectivity index (χ0v) is 10.3. The fraction of sp³-hybridized carbons (Fsp3) is 0.727. The first-order chi connectivity index (χ1) is 8.10. The first-order valence-electron chi connectivity index (χ1n) is 5.81. The van der Waals surface area contributed by atoms with E-state index in [0.717, 1.165) is 19.3 Å². The summed E-state index contributed by atoms with van der Waals surface area (Å²) in [6.07, 6.45) is 4.09. The molecule has 1 saturated heterocycles. The lowest BCUT2D eigenvalue weighted by Crippen LogP contribution is -2.69. The van der Waals surface area contributed by atoms with Crippen LogP contribution in [0.4, 0.5) is 0 Å². The van der Waals surface area contributed by atoms with Crippen LogP contribution < -0.4 is 5.32 Å². The highest BCUT2D eigenvalue weighted by Crippen LogP contribution is 2.35. The summed E-state index contributed by atoms with van der Waals surface area (Å²) in [5.41, 5.74) is -0.835. The molecular weight excluding hydrogens is 244 g/mol. The normalized spacial score (nSPS) is 23.7. The van der Waals surface area contributed by atoms with Gasteiger partial charge in [0, 0.05) is 0 Å². The van der Waals surface area contributed by atoms with Crippen molar-refractivity contribution in [2.45, 2.75) is 37.6 Å². The lowest BCUT2D eigenvalue weighted by Gasteiger charge is -2.47. The number of hydrogen-bond donors (Lipinski definition) is 1. The average Bonchev–Trinajstić information content (AvgIpc) is 2.34. The fourth-order valence-corrected chi connectivity index (χ4v) is 2.88. The second-order valence-electron chi connectivity index (χ2n) is 4.58. The predicted octanol–water partition coefficient (Wildman–Crippen LogP) is 0.413. The molecule has 1 spiro atoms. The molecule has 94 valence electrons. The van der Waals surface area contributed by atoms with Crippen molar-refractivity contribution in [3.63, 3.8) is 0 Å². The Morgan fingerprint density at radius 1 is 1.29 bits per heavy atom. The number of carbonyl (C=O) groups excluding carboxylic acids is 3. The number of imide groups is 1. The monoisotopic (exact) mass is 258 g/mol. The van der Waals surface area contributed by atoms with Crippen LogP contribution in [0, 0.1) is 0 Å². The van der Waals surface area contributed by atoms with Crippen molar-refractivity contribution in [3.8, 4) is 0 Å². The van der Waals surface area contributed by atoms with Crippen molar-refractivity contribution in [1.82, 2.24) is 10.2 Å². The summed E-state index contributed by atoms with van der Waals surface area (Å²) in [5.74, 6) is -1.30. The van der Waals surface area contributed by atoms with Crippen LogP contribution in [0.1, 0.15) is 32.1 Å². The molecule has 3 amide bonds. The Balaban J connectivity index is 2.32. The molecule has 1 aliphatic carbocycles. The molecular formula is C11H15ClN2O3. The second-order valence-corrected chi connectivity index (χ2v) is 4.85. The van der Waals surface area contributed by atoms with Gasteiger partial charge in [0.1, 0.15) is 18.0 Å². The smallest absolute Gasteiger partial charge is 0.252 e. The summed E-state index contributed by atoms with van der Waals surface area (Å²) in [7, 11) is 0. The van der Waals surface area contributed by atoms with E-state index in [1.165, 1.54) is 4.90 Å². The van der Waals surface area contributed by atoms with Crippen LogP contribution in [-0.2, 0) is 14.4 Å². The van der Waals surface area contributed by atoms with Gasteiger partial charge in [-0.15, -0.1) is 11.6 Å². The lowest BCUT2D eigenvalue weighted by atomic mass is 9.78. The fourth-order valence-electron chi connectivity index (χ4n) is 2.73. The average molecular weight is 259 g/mol. The Morgan fingerprint density at radius 3 is 2.53 bits per heavy atom. The number of amides is 3. The summed E-state index contributed by atoms with van der Waals surface area (Å²) in [6, 6.07) is 0. The van der Waals surface area contributed by atoms with E-state index in [-0.39, 0.29) is 24.2 Å². The molecule has 0 aromatic heterocycles. The minimum absolute atomic E-state index is 0.0582. The van der Waals surface area contributed by atoms with Crippen LogP contribution >= 0.6 is 11.6 Å². The van der Waals surface area contributed by atoms with Gasteiger partial charge < -0.3 is 4.90 Å². The molecule has 0 atom stereocenters. The second kappa shape index (κ2) is 4.64.